The molecule has 0 atom stereocenters. The Bertz CT molecular complexity index is 1490. The van der Waals surface area contributed by atoms with E-state index >= 15 is 0 Å². The SMILES string of the molecule is Cc1cccn2c(=O)c(-c3cn(CCF)c4ccccc34)c[n+](Cc3cnc(Cl)s3)c12. The van der Waals surface area contributed by atoms with Gasteiger partial charge in [-0.25, -0.2) is 18.7 Å². The van der Waals surface area contributed by atoms with Gasteiger partial charge in [-0.15, -0.1) is 11.3 Å². The zero-order valence-corrected chi connectivity index (χ0v) is 18.3. The number of para-hydroxylation sites is 1. The predicted molar refractivity (Wildman–Crippen MR) is 122 cm³/mol. The fraction of sp³-hybridized carbons (Fsp3) is 0.174. The van der Waals surface area contributed by atoms with E-state index in [-0.39, 0.29) is 12.1 Å². The highest BCUT2D eigenvalue weighted by Crippen LogP contribution is 2.29. The third-order valence-electron chi connectivity index (χ3n) is 5.42. The minimum Gasteiger partial charge on any atom is -0.344 e. The number of benzene rings is 1. The van der Waals surface area contributed by atoms with Crippen molar-refractivity contribution in [2.45, 2.75) is 20.0 Å². The van der Waals surface area contributed by atoms with Gasteiger partial charge in [0, 0.05) is 34.4 Å². The molecule has 0 N–H and O–H groups in total. The van der Waals surface area contributed by atoms with Crippen LogP contribution in [-0.2, 0) is 13.1 Å². The Morgan fingerprint density at radius 2 is 2.03 bits per heavy atom. The summed E-state index contributed by atoms with van der Waals surface area (Å²) in [5, 5.41) is 0.924. The topological polar surface area (TPSA) is 43.2 Å². The molecule has 0 bridgehead atoms. The van der Waals surface area contributed by atoms with Crippen LogP contribution >= 0.6 is 22.9 Å². The van der Waals surface area contributed by atoms with Crippen molar-refractivity contribution >= 4 is 39.5 Å². The number of thiazole rings is 1. The first kappa shape index (κ1) is 19.9. The van der Waals surface area contributed by atoms with Gasteiger partial charge in [-0.1, -0.05) is 29.8 Å². The summed E-state index contributed by atoms with van der Waals surface area (Å²) in [4.78, 5) is 18.7. The molecule has 31 heavy (non-hydrogen) atoms. The summed E-state index contributed by atoms with van der Waals surface area (Å²) in [5.74, 6) is 0. The number of pyridine rings is 1. The normalized spacial score (nSPS) is 11.6. The maximum Gasteiger partial charge on any atom is 0.350 e. The Hall–Kier alpha value is -3.03. The van der Waals surface area contributed by atoms with Crippen LogP contribution in [0.2, 0.25) is 4.47 Å². The lowest BCUT2D eigenvalue weighted by Crippen LogP contribution is -2.41. The third kappa shape index (κ3) is 3.43. The summed E-state index contributed by atoms with van der Waals surface area (Å²) >= 11 is 7.45. The van der Waals surface area contributed by atoms with Crippen LogP contribution in [0.25, 0.3) is 27.7 Å². The summed E-state index contributed by atoms with van der Waals surface area (Å²) in [6, 6.07) is 11.6. The van der Waals surface area contributed by atoms with Crippen molar-refractivity contribution in [1.82, 2.24) is 14.0 Å². The number of aryl methyl sites for hydroxylation is 2. The lowest BCUT2D eigenvalue weighted by atomic mass is 10.1. The molecule has 0 aliphatic heterocycles. The van der Waals surface area contributed by atoms with Crippen LogP contribution in [0.5, 0.6) is 0 Å². The third-order valence-corrected chi connectivity index (χ3v) is 6.52. The van der Waals surface area contributed by atoms with Crippen molar-refractivity contribution in [1.29, 1.82) is 0 Å². The maximum absolute atomic E-state index is 13.5. The van der Waals surface area contributed by atoms with E-state index in [0.717, 1.165) is 32.6 Å². The fourth-order valence-electron chi connectivity index (χ4n) is 4.11. The molecule has 5 aromatic rings. The molecule has 8 heteroatoms. The van der Waals surface area contributed by atoms with E-state index in [9.17, 15) is 9.18 Å². The van der Waals surface area contributed by atoms with Gasteiger partial charge in [0.1, 0.15) is 25.0 Å². The molecule has 0 aliphatic rings. The molecule has 5 nitrogen and oxygen atoms in total. The average Bonchev–Trinajstić information content (AvgIpc) is 3.34. The van der Waals surface area contributed by atoms with E-state index in [0.29, 0.717) is 16.6 Å². The number of halogens is 2. The minimum absolute atomic E-state index is 0.111. The summed E-state index contributed by atoms with van der Waals surface area (Å²) in [7, 11) is 0. The van der Waals surface area contributed by atoms with Gasteiger partial charge in [0.25, 0.3) is 5.65 Å². The van der Waals surface area contributed by atoms with E-state index in [4.69, 9.17) is 11.6 Å². The zero-order valence-electron chi connectivity index (χ0n) is 16.8. The molecule has 4 heterocycles. The second-order valence-electron chi connectivity index (χ2n) is 7.38. The summed E-state index contributed by atoms with van der Waals surface area (Å²) < 4.78 is 19.2. The number of aromatic nitrogens is 4. The molecular weight excluding hydrogens is 435 g/mol. The first-order valence-electron chi connectivity index (χ1n) is 9.85. The average molecular weight is 454 g/mol. The Labute approximate surface area is 186 Å². The lowest BCUT2D eigenvalue weighted by Gasteiger charge is -2.07. The molecule has 1 aromatic carbocycles. The molecule has 0 fully saturated rings. The van der Waals surface area contributed by atoms with Crippen molar-refractivity contribution in [3.05, 3.63) is 86.4 Å². The number of hydrogen-bond acceptors (Lipinski definition) is 3. The molecule has 0 saturated heterocycles. The summed E-state index contributed by atoms with van der Waals surface area (Å²) in [6.07, 6.45) is 7.30. The number of nitrogens with zero attached hydrogens (tertiary/aromatic N) is 4. The van der Waals surface area contributed by atoms with Gasteiger partial charge < -0.3 is 4.57 Å². The van der Waals surface area contributed by atoms with E-state index < -0.39 is 6.67 Å². The maximum atomic E-state index is 13.5. The fourth-order valence-corrected chi connectivity index (χ4v) is 5.08. The Morgan fingerprint density at radius 3 is 2.81 bits per heavy atom. The van der Waals surface area contributed by atoms with Gasteiger partial charge in [-0.3, -0.25) is 0 Å². The van der Waals surface area contributed by atoms with Gasteiger partial charge in [0.05, 0.1) is 17.6 Å². The number of hydrogen-bond donors (Lipinski definition) is 0. The number of alkyl halides is 1. The predicted octanol–water partition coefficient (Wildman–Crippen LogP) is 4.64. The van der Waals surface area contributed by atoms with Gasteiger partial charge in [-0.2, -0.15) is 4.40 Å². The highest BCUT2D eigenvalue weighted by Gasteiger charge is 2.22. The van der Waals surface area contributed by atoms with E-state index in [1.807, 2.05) is 60.3 Å². The van der Waals surface area contributed by atoms with Crippen LogP contribution in [0.4, 0.5) is 4.39 Å². The molecular formula is C23H19ClFN4OS+. The minimum atomic E-state index is -0.472. The molecule has 0 saturated carbocycles. The number of rotatable bonds is 5. The highest BCUT2D eigenvalue weighted by atomic mass is 35.5. The first-order chi connectivity index (χ1) is 15.1. The summed E-state index contributed by atoms with van der Waals surface area (Å²) in [6.45, 7) is 2.29. The highest BCUT2D eigenvalue weighted by molar-refractivity contribution is 7.15. The van der Waals surface area contributed by atoms with Crippen molar-refractivity contribution < 1.29 is 8.96 Å². The van der Waals surface area contributed by atoms with Crippen molar-refractivity contribution in [3.63, 3.8) is 0 Å². The quantitative estimate of drug-likeness (QED) is 0.364. The van der Waals surface area contributed by atoms with Crippen molar-refractivity contribution in [2.75, 3.05) is 6.67 Å². The zero-order chi connectivity index (χ0) is 21.5. The molecule has 0 radical (unpaired) electrons. The van der Waals surface area contributed by atoms with Crippen molar-refractivity contribution in [2.24, 2.45) is 0 Å². The standard InChI is InChI=1S/C23H19ClFN4OS/c1-15-5-4-9-29-21(15)28(12-16-11-26-23(24)31-16)14-19(22(29)30)18-13-27(10-8-25)20-7-3-2-6-17(18)20/h2-7,9,11,13-14H,8,10,12H2,1H3/q+1. The lowest BCUT2D eigenvalue weighted by molar-refractivity contribution is -0.665. The van der Waals surface area contributed by atoms with Gasteiger partial charge >= 0.3 is 5.56 Å². The van der Waals surface area contributed by atoms with Gasteiger partial charge in [0.15, 0.2) is 4.47 Å². The van der Waals surface area contributed by atoms with Crippen LogP contribution < -0.4 is 10.1 Å². The van der Waals surface area contributed by atoms with Gasteiger partial charge in [-0.05, 0) is 25.1 Å². The van der Waals surface area contributed by atoms with Crippen LogP contribution in [0.15, 0.2) is 66.0 Å². The van der Waals surface area contributed by atoms with Crippen molar-refractivity contribution in [3.8, 4) is 11.1 Å². The van der Waals surface area contributed by atoms with E-state index in [1.54, 1.807) is 16.8 Å². The van der Waals surface area contributed by atoms with Crippen LogP contribution in [0, 0.1) is 6.92 Å². The van der Waals surface area contributed by atoms with Crippen LogP contribution in [0.3, 0.4) is 0 Å². The Balaban J connectivity index is 1.80. The van der Waals surface area contributed by atoms with Crippen LogP contribution in [-0.4, -0.2) is 20.6 Å². The number of fused-ring (bicyclic) bond motifs is 2. The molecule has 4 aromatic heterocycles. The molecule has 0 amide bonds. The molecule has 0 spiro atoms. The molecule has 0 unspecified atom stereocenters. The molecule has 5 rings (SSSR count). The molecule has 0 aliphatic carbocycles. The largest absolute Gasteiger partial charge is 0.350 e. The van der Waals surface area contributed by atoms with Gasteiger partial charge in [0.2, 0.25) is 0 Å². The van der Waals surface area contributed by atoms with E-state index in [1.165, 1.54) is 11.3 Å². The summed E-state index contributed by atoms with van der Waals surface area (Å²) in [5.41, 5.74) is 3.95. The Kier molecular flexibility index (Phi) is 5.08. The second-order valence-corrected chi connectivity index (χ2v) is 9.08. The van der Waals surface area contributed by atoms with E-state index in [2.05, 4.69) is 9.55 Å². The monoisotopic (exact) mass is 453 g/mol. The van der Waals surface area contributed by atoms with Crippen LogP contribution in [0.1, 0.15) is 10.4 Å². The second kappa shape index (κ2) is 7.90. The smallest absolute Gasteiger partial charge is 0.344 e. The molecule has 156 valence electrons. The first-order valence-corrected chi connectivity index (χ1v) is 11.0. The Morgan fingerprint density at radius 1 is 1.19 bits per heavy atom.